The molecule has 0 saturated heterocycles. The zero-order valence-electron chi connectivity index (χ0n) is 12.0. The van der Waals surface area contributed by atoms with Crippen molar-refractivity contribution >= 4 is 23.2 Å². The van der Waals surface area contributed by atoms with Crippen molar-refractivity contribution in [1.29, 1.82) is 0 Å². The third-order valence-corrected chi connectivity index (χ3v) is 3.05. The SMILES string of the molecule is O=C(Nc1cccc(NC(=O)c2ccco2)c1)c1cccnc1. The van der Waals surface area contributed by atoms with E-state index in [0.29, 0.717) is 16.9 Å². The highest BCUT2D eigenvalue weighted by molar-refractivity contribution is 6.05. The fourth-order valence-corrected chi connectivity index (χ4v) is 1.98. The zero-order chi connectivity index (χ0) is 16.1. The predicted molar refractivity (Wildman–Crippen MR) is 85.3 cm³/mol. The first-order valence-corrected chi connectivity index (χ1v) is 6.89. The maximum atomic E-state index is 12.1. The summed E-state index contributed by atoms with van der Waals surface area (Å²) in [5.74, 6) is -0.409. The van der Waals surface area contributed by atoms with Crippen molar-refractivity contribution < 1.29 is 14.0 Å². The molecule has 6 nitrogen and oxygen atoms in total. The molecule has 2 amide bonds. The lowest BCUT2D eigenvalue weighted by atomic mass is 10.2. The average Bonchev–Trinajstić information content (AvgIpc) is 3.10. The monoisotopic (exact) mass is 307 g/mol. The molecule has 0 spiro atoms. The Morgan fingerprint density at radius 1 is 0.913 bits per heavy atom. The van der Waals surface area contributed by atoms with Gasteiger partial charge in [-0.05, 0) is 42.5 Å². The summed E-state index contributed by atoms with van der Waals surface area (Å²) in [6, 6.07) is 13.4. The van der Waals surface area contributed by atoms with Crippen LogP contribution in [0.4, 0.5) is 11.4 Å². The van der Waals surface area contributed by atoms with Gasteiger partial charge in [0, 0.05) is 23.8 Å². The molecular weight excluding hydrogens is 294 g/mol. The van der Waals surface area contributed by atoms with E-state index in [1.807, 2.05) is 0 Å². The quantitative estimate of drug-likeness (QED) is 0.775. The number of pyridine rings is 1. The van der Waals surface area contributed by atoms with Gasteiger partial charge in [0.15, 0.2) is 5.76 Å². The molecule has 0 aliphatic rings. The minimum atomic E-state index is -0.356. The Balaban J connectivity index is 1.70. The van der Waals surface area contributed by atoms with Crippen molar-refractivity contribution in [3.8, 4) is 0 Å². The zero-order valence-corrected chi connectivity index (χ0v) is 12.0. The molecule has 0 unspecified atom stereocenters. The Labute approximate surface area is 132 Å². The first-order valence-electron chi connectivity index (χ1n) is 6.89. The second kappa shape index (κ2) is 6.57. The number of nitrogens with one attached hydrogen (secondary N) is 2. The summed E-state index contributed by atoms with van der Waals surface area (Å²) in [6.45, 7) is 0. The van der Waals surface area contributed by atoms with Crippen molar-refractivity contribution in [2.45, 2.75) is 0 Å². The van der Waals surface area contributed by atoms with Crippen LogP contribution >= 0.6 is 0 Å². The van der Waals surface area contributed by atoms with E-state index in [4.69, 9.17) is 4.42 Å². The highest BCUT2D eigenvalue weighted by Crippen LogP contribution is 2.17. The van der Waals surface area contributed by atoms with Crippen molar-refractivity contribution in [3.05, 3.63) is 78.5 Å². The molecule has 0 radical (unpaired) electrons. The molecule has 6 heteroatoms. The predicted octanol–water partition coefficient (Wildman–Crippen LogP) is 3.18. The van der Waals surface area contributed by atoms with E-state index in [1.54, 1.807) is 54.7 Å². The Kier molecular flexibility index (Phi) is 4.15. The Morgan fingerprint density at radius 2 is 1.70 bits per heavy atom. The number of benzene rings is 1. The minimum absolute atomic E-state index is 0.217. The van der Waals surface area contributed by atoms with Gasteiger partial charge in [-0.1, -0.05) is 6.07 Å². The molecule has 0 bridgehead atoms. The van der Waals surface area contributed by atoms with Gasteiger partial charge in [0.2, 0.25) is 0 Å². The van der Waals surface area contributed by atoms with Gasteiger partial charge in [-0.15, -0.1) is 0 Å². The number of anilines is 2. The normalized spacial score (nSPS) is 10.1. The van der Waals surface area contributed by atoms with E-state index in [9.17, 15) is 9.59 Å². The molecule has 0 saturated carbocycles. The van der Waals surface area contributed by atoms with E-state index in [1.165, 1.54) is 12.5 Å². The first-order chi connectivity index (χ1) is 11.2. The third-order valence-electron chi connectivity index (χ3n) is 3.05. The van der Waals surface area contributed by atoms with Crippen LogP contribution < -0.4 is 10.6 Å². The van der Waals surface area contributed by atoms with Gasteiger partial charge in [0.05, 0.1) is 11.8 Å². The fourth-order valence-electron chi connectivity index (χ4n) is 1.98. The van der Waals surface area contributed by atoms with Gasteiger partial charge in [-0.3, -0.25) is 14.6 Å². The van der Waals surface area contributed by atoms with Crippen LogP contribution in [0.15, 0.2) is 71.6 Å². The lowest BCUT2D eigenvalue weighted by Gasteiger charge is -2.08. The number of amides is 2. The van der Waals surface area contributed by atoms with Crippen molar-refractivity contribution in [2.75, 3.05) is 10.6 Å². The number of aromatic nitrogens is 1. The van der Waals surface area contributed by atoms with Crippen molar-refractivity contribution in [1.82, 2.24) is 4.98 Å². The third kappa shape index (κ3) is 3.62. The number of furan rings is 1. The van der Waals surface area contributed by atoms with E-state index in [2.05, 4.69) is 15.6 Å². The molecule has 0 fully saturated rings. The van der Waals surface area contributed by atoms with Crippen molar-refractivity contribution in [3.63, 3.8) is 0 Å². The standard InChI is InChI=1S/C17H13N3O3/c21-16(12-4-2-8-18-11-12)19-13-5-1-6-14(10-13)20-17(22)15-7-3-9-23-15/h1-11H,(H,19,21)(H,20,22). The van der Waals surface area contributed by atoms with E-state index >= 15 is 0 Å². The molecule has 23 heavy (non-hydrogen) atoms. The molecule has 2 aromatic heterocycles. The molecule has 3 aromatic rings. The summed E-state index contributed by atoms with van der Waals surface area (Å²) in [6.07, 6.45) is 4.51. The number of carbonyl (C=O) groups excluding carboxylic acids is 2. The molecule has 1 aromatic carbocycles. The van der Waals surface area contributed by atoms with Crippen LogP contribution in [0.1, 0.15) is 20.9 Å². The largest absolute Gasteiger partial charge is 0.459 e. The van der Waals surface area contributed by atoms with E-state index < -0.39 is 0 Å². The first kappa shape index (κ1) is 14.5. The molecular formula is C17H13N3O3. The molecule has 2 heterocycles. The van der Waals surface area contributed by atoms with Gasteiger partial charge in [-0.2, -0.15) is 0 Å². The van der Waals surface area contributed by atoms with E-state index in [0.717, 1.165) is 0 Å². The lowest BCUT2D eigenvalue weighted by Crippen LogP contribution is -2.13. The fraction of sp³-hybridized carbons (Fsp3) is 0. The number of hydrogen-bond donors (Lipinski definition) is 2. The highest BCUT2D eigenvalue weighted by Gasteiger charge is 2.10. The van der Waals surface area contributed by atoms with Gasteiger partial charge in [0.1, 0.15) is 0 Å². The highest BCUT2D eigenvalue weighted by atomic mass is 16.3. The number of carbonyl (C=O) groups is 2. The molecule has 3 rings (SSSR count). The summed E-state index contributed by atoms with van der Waals surface area (Å²) < 4.78 is 5.03. The Bertz CT molecular complexity index is 814. The van der Waals surface area contributed by atoms with Crippen LogP contribution in [0.2, 0.25) is 0 Å². The molecule has 0 aliphatic heterocycles. The lowest BCUT2D eigenvalue weighted by molar-refractivity contribution is 0.0995. The molecule has 0 aliphatic carbocycles. The molecule has 0 atom stereocenters. The maximum absolute atomic E-state index is 12.1. The molecule has 2 N–H and O–H groups in total. The van der Waals surface area contributed by atoms with Crippen LogP contribution in [0.5, 0.6) is 0 Å². The van der Waals surface area contributed by atoms with Crippen LogP contribution in [0.3, 0.4) is 0 Å². The molecule has 114 valence electrons. The number of nitrogens with zero attached hydrogens (tertiary/aromatic N) is 1. The summed E-state index contributed by atoms with van der Waals surface area (Å²) in [5.41, 5.74) is 1.57. The number of hydrogen-bond acceptors (Lipinski definition) is 4. The van der Waals surface area contributed by atoms with Crippen LogP contribution in [0, 0.1) is 0 Å². The number of rotatable bonds is 4. The average molecular weight is 307 g/mol. The van der Waals surface area contributed by atoms with Crippen LogP contribution in [0.25, 0.3) is 0 Å². The van der Waals surface area contributed by atoms with Crippen LogP contribution in [-0.4, -0.2) is 16.8 Å². The Hall–Kier alpha value is -3.41. The van der Waals surface area contributed by atoms with E-state index in [-0.39, 0.29) is 17.6 Å². The second-order valence-electron chi connectivity index (χ2n) is 4.71. The summed E-state index contributed by atoms with van der Waals surface area (Å²) in [7, 11) is 0. The van der Waals surface area contributed by atoms with Crippen molar-refractivity contribution in [2.24, 2.45) is 0 Å². The Morgan fingerprint density at radius 3 is 2.35 bits per heavy atom. The van der Waals surface area contributed by atoms with Gasteiger partial charge in [-0.25, -0.2) is 0 Å². The topological polar surface area (TPSA) is 84.2 Å². The van der Waals surface area contributed by atoms with Gasteiger partial charge in [0.25, 0.3) is 11.8 Å². The van der Waals surface area contributed by atoms with Gasteiger partial charge < -0.3 is 15.1 Å². The summed E-state index contributed by atoms with van der Waals surface area (Å²) >= 11 is 0. The maximum Gasteiger partial charge on any atom is 0.291 e. The van der Waals surface area contributed by atoms with Gasteiger partial charge >= 0.3 is 0 Å². The smallest absolute Gasteiger partial charge is 0.291 e. The second-order valence-corrected chi connectivity index (χ2v) is 4.71. The summed E-state index contributed by atoms with van der Waals surface area (Å²) in [4.78, 5) is 27.9. The summed E-state index contributed by atoms with van der Waals surface area (Å²) in [5, 5.41) is 5.45. The van der Waals surface area contributed by atoms with Crippen LogP contribution in [-0.2, 0) is 0 Å². The minimum Gasteiger partial charge on any atom is -0.459 e.